The van der Waals surface area contributed by atoms with Crippen LogP contribution < -0.4 is 5.32 Å². The van der Waals surface area contributed by atoms with E-state index in [4.69, 9.17) is 32.5 Å². The summed E-state index contributed by atoms with van der Waals surface area (Å²) >= 11 is 11.9. The molecule has 1 aromatic carbocycles. The second kappa shape index (κ2) is 9.05. The summed E-state index contributed by atoms with van der Waals surface area (Å²) in [5.74, 6) is -0.589. The Morgan fingerprint density at radius 3 is 2.69 bits per heavy atom. The molecule has 1 amide bonds. The molecule has 0 saturated carbocycles. The molecule has 2 rings (SSSR count). The molecule has 1 N–H and O–H groups in total. The van der Waals surface area contributed by atoms with Gasteiger partial charge in [-0.1, -0.05) is 48.3 Å². The van der Waals surface area contributed by atoms with Crippen LogP contribution in [0.1, 0.15) is 47.1 Å². The number of aromatic nitrogens is 1. The van der Waals surface area contributed by atoms with E-state index in [1.807, 2.05) is 13.8 Å². The number of carbonyl (C=O) groups excluding carboxylic acids is 2. The van der Waals surface area contributed by atoms with Gasteiger partial charge in [0.15, 0.2) is 12.4 Å². The zero-order chi connectivity index (χ0) is 19.3. The Kier molecular flexibility index (Phi) is 7.06. The average Bonchev–Trinajstić information content (AvgIpc) is 2.96. The molecule has 0 spiro atoms. The number of ether oxygens (including phenoxy) is 1. The van der Waals surface area contributed by atoms with Gasteiger partial charge >= 0.3 is 5.97 Å². The number of aryl methyl sites for hydroxylation is 1. The lowest BCUT2D eigenvalue weighted by Gasteiger charge is -2.08. The molecule has 0 saturated heterocycles. The number of benzene rings is 1. The largest absolute Gasteiger partial charge is 0.452 e. The molecule has 140 valence electrons. The third-order valence-electron chi connectivity index (χ3n) is 3.68. The molecule has 0 fully saturated rings. The van der Waals surface area contributed by atoms with Gasteiger partial charge in [-0.25, -0.2) is 4.79 Å². The van der Waals surface area contributed by atoms with Crippen molar-refractivity contribution in [3.05, 3.63) is 50.8 Å². The maximum absolute atomic E-state index is 12.2. The van der Waals surface area contributed by atoms with Crippen LogP contribution in [0.3, 0.4) is 0 Å². The van der Waals surface area contributed by atoms with Crippen molar-refractivity contribution in [1.82, 2.24) is 10.5 Å². The predicted molar refractivity (Wildman–Crippen MR) is 98.8 cm³/mol. The number of carbonyl (C=O) groups is 2. The van der Waals surface area contributed by atoms with Crippen molar-refractivity contribution in [3.63, 3.8) is 0 Å². The Bertz CT molecular complexity index is 802. The van der Waals surface area contributed by atoms with Crippen molar-refractivity contribution in [1.29, 1.82) is 0 Å². The van der Waals surface area contributed by atoms with Gasteiger partial charge in [0.1, 0.15) is 5.56 Å². The zero-order valence-corrected chi connectivity index (χ0v) is 16.3. The molecule has 26 heavy (non-hydrogen) atoms. The number of amides is 1. The molecule has 8 heteroatoms. The van der Waals surface area contributed by atoms with Crippen molar-refractivity contribution in [2.45, 2.75) is 33.1 Å². The lowest BCUT2D eigenvalue weighted by molar-refractivity contribution is -0.124. The molecule has 1 aromatic heterocycles. The molecule has 0 aliphatic rings. The highest BCUT2D eigenvalue weighted by Gasteiger charge is 2.24. The summed E-state index contributed by atoms with van der Waals surface area (Å²) in [6.07, 6.45) is 0.540. The van der Waals surface area contributed by atoms with Crippen LogP contribution in [0.4, 0.5) is 0 Å². The van der Waals surface area contributed by atoms with E-state index >= 15 is 0 Å². The SMILES string of the molecule is Cc1noc(C(C)C)c1C(=O)OCC(=O)NCCc1ccc(Cl)cc1Cl. The summed E-state index contributed by atoms with van der Waals surface area (Å²) in [7, 11) is 0. The highest BCUT2D eigenvalue weighted by molar-refractivity contribution is 6.35. The van der Waals surface area contributed by atoms with Crippen LogP contribution in [0.2, 0.25) is 10.0 Å². The minimum atomic E-state index is -0.622. The molecule has 0 aliphatic carbocycles. The van der Waals surface area contributed by atoms with Gasteiger partial charge in [-0.15, -0.1) is 0 Å². The fraction of sp³-hybridized carbons (Fsp3) is 0.389. The summed E-state index contributed by atoms with van der Waals surface area (Å²) in [6, 6.07) is 5.19. The maximum Gasteiger partial charge on any atom is 0.344 e. The first kappa shape index (κ1) is 20.3. The van der Waals surface area contributed by atoms with E-state index in [-0.39, 0.29) is 18.1 Å². The van der Waals surface area contributed by atoms with Gasteiger partial charge in [-0.05, 0) is 31.0 Å². The van der Waals surface area contributed by atoms with Crippen LogP contribution in [-0.2, 0) is 16.0 Å². The molecule has 0 radical (unpaired) electrons. The van der Waals surface area contributed by atoms with Crippen LogP contribution in [0.15, 0.2) is 22.7 Å². The van der Waals surface area contributed by atoms with Crippen molar-refractivity contribution < 1.29 is 18.8 Å². The van der Waals surface area contributed by atoms with Gasteiger partial charge in [0.05, 0.1) is 5.69 Å². The van der Waals surface area contributed by atoms with E-state index in [1.54, 1.807) is 25.1 Å². The van der Waals surface area contributed by atoms with E-state index < -0.39 is 11.9 Å². The third kappa shape index (κ3) is 5.22. The Labute approximate surface area is 161 Å². The van der Waals surface area contributed by atoms with Crippen LogP contribution >= 0.6 is 23.2 Å². The average molecular weight is 399 g/mol. The Balaban J connectivity index is 1.82. The second-order valence-electron chi connectivity index (χ2n) is 6.07. The Morgan fingerprint density at radius 1 is 1.31 bits per heavy atom. The first-order valence-electron chi connectivity index (χ1n) is 8.13. The Morgan fingerprint density at radius 2 is 2.04 bits per heavy atom. The van der Waals surface area contributed by atoms with Gasteiger partial charge in [-0.2, -0.15) is 0 Å². The molecule has 6 nitrogen and oxygen atoms in total. The fourth-order valence-corrected chi connectivity index (χ4v) is 2.85. The van der Waals surface area contributed by atoms with Crippen LogP contribution in [-0.4, -0.2) is 30.2 Å². The van der Waals surface area contributed by atoms with E-state index in [1.165, 1.54) is 0 Å². The number of hydrogen-bond donors (Lipinski definition) is 1. The molecule has 0 bridgehead atoms. The first-order chi connectivity index (χ1) is 12.3. The first-order valence-corrected chi connectivity index (χ1v) is 8.89. The Hall–Kier alpha value is -2.05. The molecular formula is C18H20Cl2N2O4. The lowest BCUT2D eigenvalue weighted by Crippen LogP contribution is -2.30. The molecule has 0 unspecified atom stereocenters. The fourth-order valence-electron chi connectivity index (χ4n) is 2.34. The van der Waals surface area contributed by atoms with Crippen LogP contribution in [0.25, 0.3) is 0 Å². The van der Waals surface area contributed by atoms with Crippen molar-refractivity contribution in [2.75, 3.05) is 13.2 Å². The molecule has 2 aromatic rings. The number of halogens is 2. The van der Waals surface area contributed by atoms with Crippen molar-refractivity contribution >= 4 is 35.1 Å². The summed E-state index contributed by atoms with van der Waals surface area (Å²) in [4.78, 5) is 24.1. The van der Waals surface area contributed by atoms with Gasteiger partial charge in [0.2, 0.25) is 0 Å². The topological polar surface area (TPSA) is 81.4 Å². The third-order valence-corrected chi connectivity index (χ3v) is 4.27. The molecule has 1 heterocycles. The monoisotopic (exact) mass is 398 g/mol. The summed E-state index contributed by atoms with van der Waals surface area (Å²) < 4.78 is 10.2. The van der Waals surface area contributed by atoms with Crippen molar-refractivity contribution in [2.24, 2.45) is 0 Å². The standard InChI is InChI=1S/C18H20Cl2N2O4/c1-10(2)17-16(11(3)22-26-17)18(24)25-9-15(23)21-7-6-12-4-5-13(19)8-14(12)20/h4-5,8,10H,6-7,9H2,1-3H3,(H,21,23). The zero-order valence-electron chi connectivity index (χ0n) is 14.8. The molecule has 0 atom stereocenters. The van der Waals surface area contributed by atoms with Gasteiger partial charge in [0.25, 0.3) is 5.91 Å². The maximum atomic E-state index is 12.2. The summed E-state index contributed by atoms with van der Waals surface area (Å²) in [5, 5.41) is 7.56. The van der Waals surface area contributed by atoms with Gasteiger partial charge < -0.3 is 14.6 Å². The quantitative estimate of drug-likeness (QED) is 0.714. The predicted octanol–water partition coefficient (Wildman–Crippen LogP) is 3.93. The number of hydrogen-bond acceptors (Lipinski definition) is 5. The second-order valence-corrected chi connectivity index (χ2v) is 6.92. The van der Waals surface area contributed by atoms with E-state index in [0.717, 1.165) is 5.56 Å². The number of rotatable bonds is 7. The van der Waals surface area contributed by atoms with E-state index in [0.29, 0.717) is 34.5 Å². The number of nitrogens with zero attached hydrogens (tertiary/aromatic N) is 1. The minimum absolute atomic E-state index is 0.0169. The van der Waals surface area contributed by atoms with E-state index in [2.05, 4.69) is 10.5 Å². The van der Waals surface area contributed by atoms with Crippen molar-refractivity contribution in [3.8, 4) is 0 Å². The van der Waals surface area contributed by atoms with Crippen LogP contribution in [0.5, 0.6) is 0 Å². The molecular weight excluding hydrogens is 379 g/mol. The lowest BCUT2D eigenvalue weighted by atomic mass is 10.1. The summed E-state index contributed by atoms with van der Waals surface area (Å²) in [6.45, 7) is 5.40. The highest BCUT2D eigenvalue weighted by Crippen LogP contribution is 2.23. The normalized spacial score (nSPS) is 10.8. The summed E-state index contributed by atoms with van der Waals surface area (Å²) in [5.41, 5.74) is 1.59. The van der Waals surface area contributed by atoms with Gasteiger partial charge in [-0.3, -0.25) is 4.79 Å². The highest BCUT2D eigenvalue weighted by atomic mass is 35.5. The van der Waals surface area contributed by atoms with E-state index in [9.17, 15) is 9.59 Å². The minimum Gasteiger partial charge on any atom is -0.452 e. The smallest absolute Gasteiger partial charge is 0.344 e. The molecule has 0 aliphatic heterocycles. The number of nitrogens with one attached hydrogen (secondary N) is 1. The van der Waals surface area contributed by atoms with Gasteiger partial charge in [0, 0.05) is 22.5 Å². The van der Waals surface area contributed by atoms with Crippen LogP contribution in [0, 0.1) is 6.92 Å². The number of esters is 1.